The van der Waals surface area contributed by atoms with Crippen molar-refractivity contribution in [3.63, 3.8) is 0 Å². The van der Waals surface area contributed by atoms with Crippen LogP contribution in [0.15, 0.2) is 12.3 Å². The molecule has 0 spiro atoms. The number of nitrogens with zero attached hydrogens (tertiary/aromatic N) is 5. The summed E-state index contributed by atoms with van der Waals surface area (Å²) in [5.74, 6) is 0.512. The van der Waals surface area contributed by atoms with E-state index < -0.39 is 0 Å². The van der Waals surface area contributed by atoms with Crippen LogP contribution in [0, 0.1) is 12.8 Å². The Hall–Kier alpha value is -2.03. The van der Waals surface area contributed by atoms with Gasteiger partial charge in [-0.3, -0.25) is 9.69 Å². The van der Waals surface area contributed by atoms with E-state index in [1.165, 1.54) is 6.42 Å². The number of aryl methyl sites for hydroxylation is 1. The molecule has 0 radical (unpaired) electrons. The number of fused-ring (bicyclic) bond motifs is 1. The van der Waals surface area contributed by atoms with Crippen LogP contribution in [-0.2, 0) is 20.8 Å². The summed E-state index contributed by atoms with van der Waals surface area (Å²) in [6.07, 6.45) is 4.90. The van der Waals surface area contributed by atoms with Crippen molar-refractivity contribution in [3.8, 4) is 0 Å². The largest absolute Gasteiger partial charge is 0.379 e. The smallest absolute Gasteiger partial charge is 0.225 e. The summed E-state index contributed by atoms with van der Waals surface area (Å²) in [5, 5.41) is 4.80. The average Bonchev–Trinajstić information content (AvgIpc) is 3.03. The van der Waals surface area contributed by atoms with Crippen molar-refractivity contribution in [1.29, 1.82) is 0 Å². The van der Waals surface area contributed by atoms with E-state index in [1.54, 1.807) is 0 Å². The van der Waals surface area contributed by atoms with Gasteiger partial charge in [0.25, 0.3) is 0 Å². The molecule has 5 rings (SSSR count). The van der Waals surface area contributed by atoms with Gasteiger partial charge in [-0.15, -0.1) is 0 Å². The van der Waals surface area contributed by atoms with E-state index in [2.05, 4.69) is 9.88 Å². The second-order valence-corrected chi connectivity index (χ2v) is 8.33. The van der Waals surface area contributed by atoms with E-state index in [1.807, 2.05) is 28.6 Å². The second kappa shape index (κ2) is 8.01. The first-order valence-electron chi connectivity index (χ1n) is 10.7. The molecule has 1 atom stereocenters. The van der Waals surface area contributed by atoms with Crippen molar-refractivity contribution >= 4 is 11.6 Å². The van der Waals surface area contributed by atoms with Crippen LogP contribution in [-0.4, -0.2) is 76.3 Å². The highest BCUT2D eigenvalue weighted by molar-refractivity contribution is 5.79. The van der Waals surface area contributed by atoms with E-state index in [9.17, 15) is 4.79 Å². The SMILES string of the molecule is Cc1nn2c(C3CN(C(=O)C4CCC4)CCO3)ccnc2c1CN1CCOCC1. The lowest BCUT2D eigenvalue weighted by Crippen LogP contribution is -2.46. The third-order valence-electron chi connectivity index (χ3n) is 6.49. The zero-order chi connectivity index (χ0) is 19.8. The van der Waals surface area contributed by atoms with Crippen LogP contribution in [0.1, 0.15) is 42.3 Å². The molecule has 1 aliphatic carbocycles. The van der Waals surface area contributed by atoms with Gasteiger partial charge in [0, 0.05) is 43.9 Å². The van der Waals surface area contributed by atoms with Crippen LogP contribution < -0.4 is 0 Å². The minimum atomic E-state index is -0.172. The lowest BCUT2D eigenvalue weighted by atomic mass is 9.84. The van der Waals surface area contributed by atoms with Gasteiger partial charge in [-0.05, 0) is 25.8 Å². The van der Waals surface area contributed by atoms with Crippen LogP contribution in [0.4, 0.5) is 0 Å². The normalized spacial score (nSPS) is 24.0. The molecule has 156 valence electrons. The number of hydrogen-bond acceptors (Lipinski definition) is 6. The molecule has 2 aromatic heterocycles. The summed E-state index contributed by atoms with van der Waals surface area (Å²) in [6.45, 7) is 8.12. The molecule has 2 saturated heterocycles. The van der Waals surface area contributed by atoms with E-state index in [0.717, 1.165) is 68.3 Å². The predicted octanol–water partition coefficient (Wildman–Crippen LogP) is 1.57. The number of amides is 1. The third-order valence-corrected chi connectivity index (χ3v) is 6.49. The number of carbonyl (C=O) groups excluding carboxylic acids is 1. The Balaban J connectivity index is 1.39. The van der Waals surface area contributed by atoms with Crippen LogP contribution >= 0.6 is 0 Å². The molecule has 3 fully saturated rings. The summed E-state index contributed by atoms with van der Waals surface area (Å²) in [7, 11) is 0. The maximum absolute atomic E-state index is 12.7. The van der Waals surface area contributed by atoms with Gasteiger partial charge in [0.15, 0.2) is 5.65 Å². The Morgan fingerprint density at radius 1 is 1.21 bits per heavy atom. The average molecular weight is 399 g/mol. The number of morpholine rings is 2. The Morgan fingerprint density at radius 2 is 2.03 bits per heavy atom. The van der Waals surface area contributed by atoms with Gasteiger partial charge in [0.2, 0.25) is 5.91 Å². The zero-order valence-electron chi connectivity index (χ0n) is 17.0. The van der Waals surface area contributed by atoms with Gasteiger partial charge in [0.1, 0.15) is 6.10 Å². The summed E-state index contributed by atoms with van der Waals surface area (Å²) >= 11 is 0. The molecule has 0 aromatic carbocycles. The Morgan fingerprint density at radius 3 is 2.79 bits per heavy atom. The number of aromatic nitrogens is 3. The van der Waals surface area contributed by atoms with Gasteiger partial charge in [-0.2, -0.15) is 5.10 Å². The topological polar surface area (TPSA) is 72.2 Å². The van der Waals surface area contributed by atoms with Crippen molar-refractivity contribution in [2.75, 3.05) is 46.0 Å². The molecule has 8 nitrogen and oxygen atoms in total. The van der Waals surface area contributed by atoms with Crippen molar-refractivity contribution in [3.05, 3.63) is 29.2 Å². The maximum atomic E-state index is 12.7. The number of carbonyl (C=O) groups is 1. The molecule has 0 N–H and O–H groups in total. The van der Waals surface area contributed by atoms with Crippen LogP contribution in [0.2, 0.25) is 0 Å². The molecule has 1 unspecified atom stereocenters. The minimum absolute atomic E-state index is 0.172. The highest BCUT2D eigenvalue weighted by atomic mass is 16.5. The molecule has 2 aliphatic heterocycles. The van der Waals surface area contributed by atoms with Gasteiger partial charge >= 0.3 is 0 Å². The lowest BCUT2D eigenvalue weighted by molar-refractivity contribution is -0.146. The Kier molecular flexibility index (Phi) is 5.24. The summed E-state index contributed by atoms with van der Waals surface area (Å²) in [6, 6.07) is 1.97. The summed E-state index contributed by atoms with van der Waals surface area (Å²) < 4.78 is 13.5. The van der Waals surface area contributed by atoms with Crippen molar-refractivity contribution in [1.82, 2.24) is 24.4 Å². The molecule has 3 aliphatic rings. The molecule has 1 amide bonds. The maximum Gasteiger partial charge on any atom is 0.225 e. The quantitative estimate of drug-likeness (QED) is 0.777. The molecule has 29 heavy (non-hydrogen) atoms. The molecule has 2 aromatic rings. The minimum Gasteiger partial charge on any atom is -0.379 e. The van der Waals surface area contributed by atoms with Gasteiger partial charge in [0.05, 0.1) is 37.8 Å². The Labute approximate surface area is 170 Å². The third kappa shape index (κ3) is 3.65. The fourth-order valence-electron chi connectivity index (χ4n) is 4.47. The molecular weight excluding hydrogens is 370 g/mol. The molecule has 1 saturated carbocycles. The molecule has 4 heterocycles. The fourth-order valence-corrected chi connectivity index (χ4v) is 4.47. The zero-order valence-corrected chi connectivity index (χ0v) is 17.0. The van der Waals surface area contributed by atoms with Crippen molar-refractivity contribution in [2.24, 2.45) is 5.92 Å². The highest BCUT2D eigenvalue weighted by Gasteiger charge is 2.34. The van der Waals surface area contributed by atoms with Crippen LogP contribution in [0.25, 0.3) is 5.65 Å². The highest BCUT2D eigenvalue weighted by Crippen LogP contribution is 2.31. The van der Waals surface area contributed by atoms with Gasteiger partial charge in [-0.1, -0.05) is 6.42 Å². The van der Waals surface area contributed by atoms with E-state index >= 15 is 0 Å². The van der Waals surface area contributed by atoms with E-state index in [0.29, 0.717) is 25.6 Å². The summed E-state index contributed by atoms with van der Waals surface area (Å²) in [5.41, 5.74) is 4.01. The monoisotopic (exact) mass is 399 g/mol. The second-order valence-electron chi connectivity index (χ2n) is 8.33. The molecule has 8 heteroatoms. The van der Waals surface area contributed by atoms with Gasteiger partial charge in [-0.25, -0.2) is 9.50 Å². The van der Waals surface area contributed by atoms with Crippen molar-refractivity contribution < 1.29 is 14.3 Å². The van der Waals surface area contributed by atoms with E-state index in [-0.39, 0.29) is 12.0 Å². The Bertz CT molecular complexity index is 888. The number of rotatable bonds is 4. The standard InChI is InChI=1S/C21H29N5O3/c1-15-17(13-24-7-10-28-11-8-24)20-22-6-5-18(26(20)23-15)19-14-25(9-12-29-19)21(27)16-3-2-4-16/h5-6,16,19H,2-4,7-14H2,1H3. The van der Waals surface area contributed by atoms with Crippen LogP contribution in [0.3, 0.4) is 0 Å². The first kappa shape index (κ1) is 19.0. The number of ether oxygens (including phenoxy) is 2. The lowest BCUT2D eigenvalue weighted by Gasteiger charge is -2.37. The predicted molar refractivity (Wildman–Crippen MR) is 106 cm³/mol. The molecule has 0 bridgehead atoms. The summed E-state index contributed by atoms with van der Waals surface area (Å²) in [4.78, 5) is 21.7. The van der Waals surface area contributed by atoms with E-state index in [4.69, 9.17) is 14.6 Å². The first-order chi connectivity index (χ1) is 14.2. The fraction of sp³-hybridized carbons (Fsp3) is 0.667. The molecular formula is C21H29N5O3. The van der Waals surface area contributed by atoms with Crippen molar-refractivity contribution in [2.45, 2.75) is 38.8 Å². The van der Waals surface area contributed by atoms with Gasteiger partial charge < -0.3 is 14.4 Å². The first-order valence-corrected chi connectivity index (χ1v) is 10.7. The van der Waals surface area contributed by atoms with Crippen LogP contribution in [0.5, 0.6) is 0 Å². The number of hydrogen-bond donors (Lipinski definition) is 0.